The molecule has 5 nitrogen and oxygen atoms in total. The zero-order valence-electron chi connectivity index (χ0n) is 18.0. The van der Waals surface area contributed by atoms with Gasteiger partial charge in [0.1, 0.15) is 0 Å². The number of nitrogens with zero attached hydrogens (tertiary/aromatic N) is 4. The highest BCUT2D eigenvalue weighted by Crippen LogP contribution is 2.31. The largest absolute Gasteiger partial charge is 0.335 e. The molecule has 160 valence electrons. The molecule has 0 aliphatic carbocycles. The maximum atomic E-state index is 13.8. The van der Waals surface area contributed by atoms with Crippen LogP contribution in [0.1, 0.15) is 47.8 Å². The van der Waals surface area contributed by atoms with Gasteiger partial charge in [-0.15, -0.1) is 0 Å². The number of pyridine rings is 1. The van der Waals surface area contributed by atoms with Crippen LogP contribution in [0, 0.1) is 12.8 Å². The lowest BCUT2D eigenvalue weighted by Crippen LogP contribution is -2.48. The second-order valence-corrected chi connectivity index (χ2v) is 8.75. The van der Waals surface area contributed by atoms with Crippen LogP contribution in [0.4, 0.5) is 0 Å². The molecule has 3 heterocycles. The normalized spacial score (nSPS) is 18.7. The molecule has 1 aliphatic heterocycles. The van der Waals surface area contributed by atoms with Crippen molar-refractivity contribution in [3.63, 3.8) is 0 Å². The van der Waals surface area contributed by atoms with Crippen LogP contribution >= 0.6 is 11.6 Å². The Bertz CT molecular complexity index is 1040. The average molecular weight is 435 g/mol. The first-order chi connectivity index (χ1) is 15.0. The van der Waals surface area contributed by atoms with Crippen molar-refractivity contribution in [1.82, 2.24) is 19.9 Å². The Kier molecular flexibility index (Phi) is 6.62. The first kappa shape index (κ1) is 21.4. The summed E-state index contributed by atoms with van der Waals surface area (Å²) in [4.78, 5) is 29.0. The Morgan fingerprint density at radius 2 is 1.97 bits per heavy atom. The summed E-state index contributed by atoms with van der Waals surface area (Å²) in [6.07, 6.45) is 8.95. The topological polar surface area (TPSA) is 59.0 Å². The smallest absolute Gasteiger partial charge is 0.254 e. The zero-order valence-corrected chi connectivity index (χ0v) is 18.7. The van der Waals surface area contributed by atoms with Crippen molar-refractivity contribution in [3.8, 4) is 11.4 Å². The summed E-state index contributed by atoms with van der Waals surface area (Å²) in [5, 5.41) is 0.640. The zero-order chi connectivity index (χ0) is 21.8. The molecule has 1 aliphatic rings. The Hall–Kier alpha value is -2.79. The molecule has 0 saturated carbocycles. The van der Waals surface area contributed by atoms with E-state index < -0.39 is 0 Å². The quantitative estimate of drug-likeness (QED) is 0.541. The van der Waals surface area contributed by atoms with Crippen LogP contribution in [-0.2, 0) is 6.42 Å². The second-order valence-electron chi connectivity index (χ2n) is 8.31. The van der Waals surface area contributed by atoms with Gasteiger partial charge in [0.25, 0.3) is 5.91 Å². The minimum Gasteiger partial charge on any atom is -0.335 e. The van der Waals surface area contributed by atoms with Gasteiger partial charge in [-0.2, -0.15) is 0 Å². The lowest BCUT2D eigenvalue weighted by Gasteiger charge is -2.40. The van der Waals surface area contributed by atoms with E-state index in [1.807, 2.05) is 37.3 Å². The number of rotatable bonds is 5. The van der Waals surface area contributed by atoms with E-state index in [0.29, 0.717) is 22.3 Å². The number of hydrogen-bond acceptors (Lipinski definition) is 4. The lowest BCUT2D eigenvalue weighted by molar-refractivity contribution is 0.0500. The van der Waals surface area contributed by atoms with Crippen LogP contribution in [0.2, 0.25) is 5.02 Å². The van der Waals surface area contributed by atoms with Crippen molar-refractivity contribution in [1.29, 1.82) is 0 Å². The fourth-order valence-electron chi connectivity index (χ4n) is 4.41. The van der Waals surface area contributed by atoms with E-state index in [1.165, 1.54) is 0 Å². The third-order valence-corrected chi connectivity index (χ3v) is 6.30. The van der Waals surface area contributed by atoms with Crippen LogP contribution in [0.5, 0.6) is 0 Å². The van der Waals surface area contributed by atoms with Gasteiger partial charge >= 0.3 is 0 Å². The van der Waals surface area contributed by atoms with Crippen molar-refractivity contribution in [2.75, 3.05) is 6.54 Å². The van der Waals surface area contributed by atoms with Gasteiger partial charge in [-0.25, -0.2) is 9.97 Å². The maximum Gasteiger partial charge on any atom is 0.254 e. The number of carbonyl (C=O) groups excluding carboxylic acids is 1. The number of hydrogen-bond donors (Lipinski definition) is 0. The van der Waals surface area contributed by atoms with Crippen molar-refractivity contribution in [2.45, 2.75) is 45.6 Å². The van der Waals surface area contributed by atoms with E-state index in [1.54, 1.807) is 24.7 Å². The summed E-state index contributed by atoms with van der Waals surface area (Å²) in [5.41, 5.74) is 3.54. The number of piperidine rings is 1. The number of aromatic nitrogens is 3. The minimum absolute atomic E-state index is 0.0584. The van der Waals surface area contributed by atoms with Crippen molar-refractivity contribution in [2.24, 2.45) is 5.92 Å². The van der Waals surface area contributed by atoms with E-state index in [2.05, 4.69) is 26.8 Å². The molecule has 1 fully saturated rings. The van der Waals surface area contributed by atoms with Gasteiger partial charge in [0.05, 0.1) is 10.6 Å². The lowest BCUT2D eigenvalue weighted by atomic mass is 9.86. The van der Waals surface area contributed by atoms with Crippen LogP contribution in [0.25, 0.3) is 11.4 Å². The van der Waals surface area contributed by atoms with Gasteiger partial charge in [-0.1, -0.05) is 30.2 Å². The molecular formula is C25H27ClN4O. The Balaban J connectivity index is 1.61. The number of halogens is 1. The number of amides is 1. The number of likely N-dealkylation sites (tertiary alicyclic amines) is 1. The minimum atomic E-state index is 0.0584. The molecule has 0 radical (unpaired) electrons. The SMILES string of the molecule is Cc1ccc(C(=O)N2CCC[C@@H](C)[C@H]2CCc2ccc(Cl)cn2)c(-c2ncccn2)c1. The van der Waals surface area contributed by atoms with Crippen molar-refractivity contribution >= 4 is 17.5 Å². The molecule has 2 aromatic heterocycles. The predicted molar refractivity (Wildman–Crippen MR) is 123 cm³/mol. The number of aryl methyl sites for hydroxylation is 2. The Labute approximate surface area is 188 Å². The highest BCUT2D eigenvalue weighted by molar-refractivity contribution is 6.30. The average Bonchev–Trinajstić information content (AvgIpc) is 2.79. The van der Waals surface area contributed by atoms with Crippen LogP contribution in [0.15, 0.2) is 55.0 Å². The predicted octanol–water partition coefficient (Wildman–Crippen LogP) is 5.37. The molecule has 1 amide bonds. The third-order valence-electron chi connectivity index (χ3n) is 6.07. The Morgan fingerprint density at radius 3 is 2.71 bits per heavy atom. The summed E-state index contributed by atoms with van der Waals surface area (Å²) in [5.74, 6) is 1.08. The number of carbonyl (C=O) groups is 1. The van der Waals surface area contributed by atoms with Crippen LogP contribution < -0.4 is 0 Å². The summed E-state index contributed by atoms with van der Waals surface area (Å²) in [6.45, 7) is 5.03. The summed E-state index contributed by atoms with van der Waals surface area (Å²) >= 11 is 5.97. The molecule has 4 rings (SSSR count). The van der Waals surface area contributed by atoms with Gasteiger partial charge in [-0.05, 0) is 68.9 Å². The van der Waals surface area contributed by atoms with Gasteiger partial charge in [0.15, 0.2) is 5.82 Å². The Morgan fingerprint density at radius 1 is 1.16 bits per heavy atom. The van der Waals surface area contributed by atoms with E-state index in [4.69, 9.17) is 11.6 Å². The van der Waals surface area contributed by atoms with E-state index in [9.17, 15) is 4.79 Å². The molecule has 31 heavy (non-hydrogen) atoms. The van der Waals surface area contributed by atoms with Crippen molar-refractivity contribution < 1.29 is 4.79 Å². The standard InChI is InChI=1S/C25H27ClN4O/c1-17-6-10-21(22(15-17)24-27-12-4-13-28-24)25(31)30-14-3-5-18(2)23(30)11-9-20-8-7-19(26)16-29-20/h4,6-8,10,12-13,15-16,18,23H,3,5,9,11,14H2,1-2H3/t18-,23-/m1/s1. The monoisotopic (exact) mass is 434 g/mol. The van der Waals surface area contributed by atoms with Gasteiger partial charge in [0, 0.05) is 42.4 Å². The second kappa shape index (κ2) is 9.56. The van der Waals surface area contributed by atoms with E-state index in [-0.39, 0.29) is 11.9 Å². The maximum absolute atomic E-state index is 13.8. The molecule has 1 aromatic carbocycles. The highest BCUT2D eigenvalue weighted by atomic mass is 35.5. The summed E-state index contributed by atoms with van der Waals surface area (Å²) in [6, 6.07) is 11.7. The third kappa shape index (κ3) is 4.93. The fraction of sp³-hybridized carbons (Fsp3) is 0.360. The number of benzene rings is 1. The van der Waals surface area contributed by atoms with Crippen LogP contribution in [-0.4, -0.2) is 38.3 Å². The van der Waals surface area contributed by atoms with E-state index >= 15 is 0 Å². The summed E-state index contributed by atoms with van der Waals surface area (Å²) < 4.78 is 0. The molecule has 2 atom stereocenters. The van der Waals surface area contributed by atoms with Gasteiger partial charge in [-0.3, -0.25) is 9.78 Å². The molecule has 3 aromatic rings. The molecular weight excluding hydrogens is 408 g/mol. The van der Waals surface area contributed by atoms with Crippen molar-refractivity contribution in [3.05, 3.63) is 76.8 Å². The molecule has 0 unspecified atom stereocenters. The van der Waals surface area contributed by atoms with Gasteiger partial charge in [0.2, 0.25) is 0 Å². The highest BCUT2D eigenvalue weighted by Gasteiger charge is 2.33. The molecule has 6 heteroatoms. The first-order valence-electron chi connectivity index (χ1n) is 10.8. The molecule has 0 N–H and O–H groups in total. The molecule has 0 spiro atoms. The fourth-order valence-corrected chi connectivity index (χ4v) is 4.53. The van der Waals surface area contributed by atoms with E-state index in [0.717, 1.165) is 49.0 Å². The molecule has 0 bridgehead atoms. The van der Waals surface area contributed by atoms with Crippen LogP contribution in [0.3, 0.4) is 0 Å². The molecule has 1 saturated heterocycles. The first-order valence-corrected chi connectivity index (χ1v) is 11.2. The van der Waals surface area contributed by atoms with Gasteiger partial charge < -0.3 is 4.90 Å². The summed E-state index contributed by atoms with van der Waals surface area (Å²) in [7, 11) is 0.